The number of carboxylic acid groups (broad SMARTS) is 1. The predicted octanol–water partition coefficient (Wildman–Crippen LogP) is 3.65. The standard InChI is InChI=1S/C16H16N2O3/c1-10-4-3-5-12(8-10)17-16(21)18-13-7-6-11(2)14(9-13)15(19)20/h3-9H,1-2H3,(H,19,20)(H2,17,18,21). The largest absolute Gasteiger partial charge is 0.478 e. The van der Waals surface area contributed by atoms with Gasteiger partial charge in [-0.15, -0.1) is 0 Å². The minimum Gasteiger partial charge on any atom is -0.478 e. The molecule has 0 saturated heterocycles. The zero-order valence-electron chi connectivity index (χ0n) is 11.8. The Bertz CT molecular complexity index is 696. The van der Waals surface area contributed by atoms with E-state index in [1.165, 1.54) is 6.07 Å². The van der Waals surface area contributed by atoms with E-state index in [4.69, 9.17) is 5.11 Å². The van der Waals surface area contributed by atoms with Crippen molar-refractivity contribution >= 4 is 23.4 Å². The van der Waals surface area contributed by atoms with E-state index in [0.717, 1.165) is 5.56 Å². The zero-order chi connectivity index (χ0) is 15.4. The maximum absolute atomic E-state index is 11.9. The van der Waals surface area contributed by atoms with Crippen molar-refractivity contribution in [3.05, 3.63) is 59.2 Å². The van der Waals surface area contributed by atoms with Crippen molar-refractivity contribution in [1.29, 1.82) is 0 Å². The number of benzene rings is 2. The third-order valence-electron chi connectivity index (χ3n) is 3.00. The summed E-state index contributed by atoms with van der Waals surface area (Å²) in [6.45, 7) is 3.64. The van der Waals surface area contributed by atoms with Gasteiger partial charge in [-0.05, 0) is 49.2 Å². The van der Waals surface area contributed by atoms with Crippen LogP contribution in [0.25, 0.3) is 0 Å². The highest BCUT2D eigenvalue weighted by atomic mass is 16.4. The second-order valence-electron chi connectivity index (χ2n) is 4.78. The van der Waals surface area contributed by atoms with Crippen molar-refractivity contribution in [2.24, 2.45) is 0 Å². The van der Waals surface area contributed by atoms with E-state index in [9.17, 15) is 9.59 Å². The summed E-state index contributed by atoms with van der Waals surface area (Å²) in [5, 5.41) is 14.4. The first-order valence-corrected chi connectivity index (χ1v) is 6.44. The van der Waals surface area contributed by atoms with Gasteiger partial charge >= 0.3 is 12.0 Å². The van der Waals surface area contributed by atoms with E-state index in [2.05, 4.69) is 10.6 Å². The van der Waals surface area contributed by atoms with Gasteiger partial charge in [-0.2, -0.15) is 0 Å². The van der Waals surface area contributed by atoms with Gasteiger partial charge in [0.05, 0.1) is 5.56 Å². The Morgan fingerprint density at radius 2 is 1.62 bits per heavy atom. The van der Waals surface area contributed by atoms with Gasteiger partial charge in [0.25, 0.3) is 0 Å². The summed E-state index contributed by atoms with van der Waals surface area (Å²) in [5.41, 5.74) is 2.97. The van der Waals surface area contributed by atoms with Crippen LogP contribution in [0, 0.1) is 13.8 Å². The smallest absolute Gasteiger partial charge is 0.336 e. The first kappa shape index (κ1) is 14.6. The van der Waals surface area contributed by atoms with Crippen molar-refractivity contribution in [1.82, 2.24) is 0 Å². The highest BCUT2D eigenvalue weighted by Crippen LogP contribution is 2.16. The first-order valence-electron chi connectivity index (χ1n) is 6.44. The van der Waals surface area contributed by atoms with Gasteiger partial charge in [0.1, 0.15) is 0 Å². The Morgan fingerprint density at radius 1 is 0.952 bits per heavy atom. The topological polar surface area (TPSA) is 78.4 Å². The number of carbonyl (C=O) groups excluding carboxylic acids is 1. The lowest BCUT2D eigenvalue weighted by Crippen LogP contribution is -2.19. The number of urea groups is 1. The number of amides is 2. The van der Waals surface area contributed by atoms with Gasteiger partial charge in [-0.25, -0.2) is 9.59 Å². The highest BCUT2D eigenvalue weighted by Gasteiger charge is 2.09. The summed E-state index contributed by atoms with van der Waals surface area (Å²) in [7, 11) is 0. The van der Waals surface area contributed by atoms with Crippen molar-refractivity contribution in [2.45, 2.75) is 13.8 Å². The minimum absolute atomic E-state index is 0.170. The lowest BCUT2D eigenvalue weighted by atomic mass is 10.1. The Morgan fingerprint density at radius 3 is 2.24 bits per heavy atom. The molecule has 2 amide bonds. The summed E-state index contributed by atoms with van der Waals surface area (Å²) in [5.74, 6) is -1.02. The molecule has 0 radical (unpaired) electrons. The van der Waals surface area contributed by atoms with E-state index >= 15 is 0 Å². The average Bonchev–Trinajstić information content (AvgIpc) is 2.40. The minimum atomic E-state index is -1.02. The Hall–Kier alpha value is -2.82. The SMILES string of the molecule is Cc1cccc(NC(=O)Nc2ccc(C)c(C(=O)O)c2)c1. The van der Waals surface area contributed by atoms with E-state index in [-0.39, 0.29) is 5.56 Å². The van der Waals surface area contributed by atoms with Crippen LogP contribution < -0.4 is 10.6 Å². The highest BCUT2D eigenvalue weighted by molar-refractivity contribution is 6.00. The maximum Gasteiger partial charge on any atom is 0.336 e. The fourth-order valence-electron chi connectivity index (χ4n) is 1.95. The summed E-state index contributed by atoms with van der Waals surface area (Å²) in [6.07, 6.45) is 0. The zero-order valence-corrected chi connectivity index (χ0v) is 11.8. The second-order valence-corrected chi connectivity index (χ2v) is 4.78. The molecule has 0 fully saturated rings. The molecule has 2 aromatic carbocycles. The van der Waals surface area contributed by atoms with Crippen LogP contribution in [-0.2, 0) is 0 Å². The summed E-state index contributed by atoms with van der Waals surface area (Å²) >= 11 is 0. The lowest BCUT2D eigenvalue weighted by molar-refractivity contribution is 0.0696. The van der Waals surface area contributed by atoms with Gasteiger partial charge in [0.15, 0.2) is 0 Å². The molecular weight excluding hydrogens is 268 g/mol. The van der Waals surface area contributed by atoms with Crippen LogP contribution in [-0.4, -0.2) is 17.1 Å². The number of nitrogens with one attached hydrogen (secondary N) is 2. The Kier molecular flexibility index (Phi) is 4.23. The van der Waals surface area contributed by atoms with Gasteiger partial charge in [0.2, 0.25) is 0 Å². The summed E-state index contributed by atoms with van der Waals surface area (Å²) in [4.78, 5) is 22.9. The number of aryl methyl sites for hydroxylation is 2. The molecule has 108 valence electrons. The maximum atomic E-state index is 11.9. The predicted molar refractivity (Wildman–Crippen MR) is 82.0 cm³/mol. The Balaban J connectivity index is 2.09. The van der Waals surface area contributed by atoms with Crippen LogP contribution in [0.2, 0.25) is 0 Å². The second kappa shape index (κ2) is 6.09. The molecule has 0 aliphatic heterocycles. The number of carbonyl (C=O) groups is 2. The fourth-order valence-corrected chi connectivity index (χ4v) is 1.95. The molecule has 0 aliphatic rings. The van der Waals surface area contributed by atoms with Gasteiger partial charge in [-0.1, -0.05) is 18.2 Å². The van der Waals surface area contributed by atoms with Crippen molar-refractivity contribution in [3.63, 3.8) is 0 Å². The molecule has 0 aromatic heterocycles. The van der Waals surface area contributed by atoms with Gasteiger partial charge in [0, 0.05) is 11.4 Å². The number of carboxylic acids is 1. The normalized spacial score (nSPS) is 10.0. The molecule has 0 bridgehead atoms. The summed E-state index contributed by atoms with van der Waals surface area (Å²) in [6, 6.07) is 11.8. The number of aromatic carboxylic acids is 1. The first-order chi connectivity index (χ1) is 9.95. The van der Waals surface area contributed by atoms with Crippen LogP contribution in [0.3, 0.4) is 0 Å². The molecule has 0 spiro atoms. The van der Waals surface area contributed by atoms with Gasteiger partial charge < -0.3 is 15.7 Å². The van der Waals surface area contributed by atoms with Crippen LogP contribution >= 0.6 is 0 Å². The van der Waals surface area contributed by atoms with E-state index in [0.29, 0.717) is 16.9 Å². The van der Waals surface area contributed by atoms with Crippen LogP contribution in [0.5, 0.6) is 0 Å². The third-order valence-corrected chi connectivity index (χ3v) is 3.00. The molecule has 0 heterocycles. The molecule has 0 saturated carbocycles. The molecule has 2 rings (SSSR count). The summed E-state index contributed by atoms with van der Waals surface area (Å²) < 4.78 is 0. The number of rotatable bonds is 3. The third kappa shape index (κ3) is 3.82. The van der Waals surface area contributed by atoms with Crippen LogP contribution in [0.4, 0.5) is 16.2 Å². The number of hydrogen-bond acceptors (Lipinski definition) is 2. The molecule has 0 unspecified atom stereocenters. The van der Waals surface area contributed by atoms with E-state index in [1.54, 1.807) is 25.1 Å². The monoisotopic (exact) mass is 284 g/mol. The van der Waals surface area contributed by atoms with Crippen molar-refractivity contribution in [2.75, 3.05) is 10.6 Å². The molecule has 5 nitrogen and oxygen atoms in total. The molecular formula is C16H16N2O3. The van der Waals surface area contributed by atoms with Crippen molar-refractivity contribution < 1.29 is 14.7 Å². The lowest BCUT2D eigenvalue weighted by Gasteiger charge is -2.09. The number of anilines is 2. The van der Waals surface area contributed by atoms with Gasteiger partial charge in [-0.3, -0.25) is 0 Å². The average molecular weight is 284 g/mol. The molecule has 21 heavy (non-hydrogen) atoms. The fraction of sp³-hybridized carbons (Fsp3) is 0.125. The number of hydrogen-bond donors (Lipinski definition) is 3. The van der Waals surface area contributed by atoms with Crippen LogP contribution in [0.1, 0.15) is 21.5 Å². The quantitative estimate of drug-likeness (QED) is 0.805. The Labute approximate surface area is 122 Å². The molecule has 2 aromatic rings. The van der Waals surface area contributed by atoms with E-state index in [1.807, 2.05) is 25.1 Å². The molecule has 3 N–H and O–H groups in total. The van der Waals surface area contributed by atoms with Crippen molar-refractivity contribution in [3.8, 4) is 0 Å². The van der Waals surface area contributed by atoms with Crippen LogP contribution in [0.15, 0.2) is 42.5 Å². The van der Waals surface area contributed by atoms with E-state index < -0.39 is 12.0 Å². The molecule has 0 atom stereocenters. The molecule has 0 aliphatic carbocycles. The molecule has 5 heteroatoms.